The highest BCUT2D eigenvalue weighted by Crippen LogP contribution is 2.43. The van der Waals surface area contributed by atoms with Gasteiger partial charge < -0.3 is 9.64 Å². The van der Waals surface area contributed by atoms with Gasteiger partial charge in [-0.1, -0.05) is 6.07 Å². The standard InChI is InChI=1S/C20H18F3N5O2/c21-20(22,23)15-5-11(10-1-2-10)3-4-16(15)28-8-14-17(26-28)24-19(25-18(14)29)27-7-13-6-12(27)9-30-13/h3-5,8,10,12-13H,1-2,6-7,9H2,(H,24,25,26,29)/t12-,13-/m0/s1. The number of aromatic amines is 1. The molecule has 3 aliphatic rings. The molecule has 3 aromatic rings. The van der Waals surface area contributed by atoms with Crippen LogP contribution in [0.25, 0.3) is 16.7 Å². The zero-order valence-corrected chi connectivity index (χ0v) is 15.8. The van der Waals surface area contributed by atoms with Crippen LogP contribution in [0.15, 0.2) is 29.2 Å². The second-order valence-electron chi connectivity index (χ2n) is 8.25. The molecule has 10 heteroatoms. The molecule has 2 saturated heterocycles. The average Bonchev–Trinajstić information content (AvgIpc) is 3.13. The van der Waals surface area contributed by atoms with Crippen LogP contribution >= 0.6 is 0 Å². The molecular weight excluding hydrogens is 399 g/mol. The normalized spacial score (nSPS) is 23.6. The first kappa shape index (κ1) is 17.9. The fourth-order valence-corrected chi connectivity index (χ4v) is 4.47. The van der Waals surface area contributed by atoms with Gasteiger partial charge in [-0.15, -0.1) is 5.10 Å². The number of benzene rings is 1. The third-order valence-corrected chi connectivity index (χ3v) is 6.17. The molecule has 2 aromatic heterocycles. The molecule has 156 valence electrons. The van der Waals surface area contributed by atoms with Gasteiger partial charge in [-0.25, -0.2) is 4.68 Å². The molecule has 6 rings (SSSR count). The molecule has 2 bridgehead atoms. The highest BCUT2D eigenvalue weighted by molar-refractivity contribution is 5.75. The Morgan fingerprint density at radius 1 is 1.23 bits per heavy atom. The van der Waals surface area contributed by atoms with Crippen LogP contribution in [0.1, 0.15) is 36.3 Å². The third-order valence-electron chi connectivity index (χ3n) is 6.17. The van der Waals surface area contributed by atoms with Gasteiger partial charge >= 0.3 is 6.18 Å². The van der Waals surface area contributed by atoms with Crippen molar-refractivity contribution in [2.45, 2.75) is 43.5 Å². The minimum atomic E-state index is -4.53. The van der Waals surface area contributed by atoms with Gasteiger partial charge in [-0.2, -0.15) is 18.2 Å². The Labute approximate surface area is 168 Å². The molecule has 7 nitrogen and oxygen atoms in total. The van der Waals surface area contributed by atoms with Crippen molar-refractivity contribution in [2.24, 2.45) is 0 Å². The topological polar surface area (TPSA) is 76.0 Å². The Morgan fingerprint density at radius 3 is 2.73 bits per heavy atom. The number of hydrogen-bond donors (Lipinski definition) is 1. The number of alkyl halides is 3. The minimum Gasteiger partial charge on any atom is -0.374 e. The summed E-state index contributed by atoms with van der Waals surface area (Å²) >= 11 is 0. The summed E-state index contributed by atoms with van der Waals surface area (Å²) in [6, 6.07) is 4.47. The number of hydrogen-bond acceptors (Lipinski definition) is 5. The highest BCUT2D eigenvalue weighted by atomic mass is 19.4. The molecule has 0 spiro atoms. The van der Waals surface area contributed by atoms with Gasteiger partial charge in [0.25, 0.3) is 5.56 Å². The van der Waals surface area contributed by atoms with Crippen molar-refractivity contribution in [3.8, 4) is 5.69 Å². The largest absolute Gasteiger partial charge is 0.418 e. The molecule has 2 aliphatic heterocycles. The van der Waals surface area contributed by atoms with Crippen LogP contribution < -0.4 is 10.5 Å². The molecule has 0 radical (unpaired) electrons. The molecule has 0 unspecified atom stereocenters. The molecule has 1 aromatic carbocycles. The van der Waals surface area contributed by atoms with Gasteiger partial charge in [0.1, 0.15) is 5.39 Å². The van der Waals surface area contributed by atoms with E-state index in [0.29, 0.717) is 24.7 Å². The van der Waals surface area contributed by atoms with Crippen LogP contribution in [-0.2, 0) is 10.9 Å². The number of rotatable bonds is 3. The monoisotopic (exact) mass is 417 g/mol. The molecule has 1 N–H and O–H groups in total. The number of fused-ring (bicyclic) bond motifs is 3. The summed E-state index contributed by atoms with van der Waals surface area (Å²) < 4.78 is 47.9. The maximum atomic E-state index is 13.7. The first-order chi connectivity index (χ1) is 14.4. The van der Waals surface area contributed by atoms with Crippen molar-refractivity contribution >= 4 is 17.0 Å². The van der Waals surface area contributed by atoms with Crippen LogP contribution in [0.3, 0.4) is 0 Å². The van der Waals surface area contributed by atoms with Crippen molar-refractivity contribution in [1.29, 1.82) is 0 Å². The zero-order chi connectivity index (χ0) is 20.6. The van der Waals surface area contributed by atoms with Crippen LogP contribution in [0.5, 0.6) is 0 Å². The van der Waals surface area contributed by atoms with Gasteiger partial charge in [0.15, 0.2) is 5.65 Å². The van der Waals surface area contributed by atoms with E-state index >= 15 is 0 Å². The lowest BCUT2D eigenvalue weighted by Gasteiger charge is -2.26. The van der Waals surface area contributed by atoms with Gasteiger partial charge in [-0.3, -0.25) is 9.78 Å². The second kappa shape index (κ2) is 6.07. The Kier molecular flexibility index (Phi) is 3.63. The van der Waals surface area contributed by atoms with Crippen LogP contribution in [0, 0.1) is 0 Å². The van der Waals surface area contributed by atoms with Gasteiger partial charge in [-0.05, 0) is 42.9 Å². The minimum absolute atomic E-state index is 0.112. The molecular formula is C20H18F3N5O2. The Bertz CT molecular complexity index is 1210. The van der Waals surface area contributed by atoms with Crippen molar-refractivity contribution in [2.75, 3.05) is 18.1 Å². The number of aromatic nitrogens is 4. The Balaban J connectivity index is 1.45. The summed E-state index contributed by atoms with van der Waals surface area (Å²) in [5.41, 5.74) is -0.484. The summed E-state index contributed by atoms with van der Waals surface area (Å²) in [4.78, 5) is 21.8. The number of nitrogens with one attached hydrogen (secondary N) is 1. The van der Waals surface area contributed by atoms with E-state index in [2.05, 4.69) is 15.1 Å². The lowest BCUT2D eigenvalue weighted by Crippen LogP contribution is -2.38. The van der Waals surface area contributed by atoms with Crippen LogP contribution in [0.4, 0.5) is 19.1 Å². The second-order valence-corrected chi connectivity index (χ2v) is 8.25. The zero-order valence-electron chi connectivity index (χ0n) is 15.8. The number of morpholine rings is 1. The maximum absolute atomic E-state index is 13.7. The average molecular weight is 417 g/mol. The molecule has 0 amide bonds. The van der Waals surface area contributed by atoms with E-state index in [1.54, 1.807) is 6.07 Å². The van der Waals surface area contributed by atoms with Gasteiger partial charge in [0.2, 0.25) is 5.95 Å². The molecule has 30 heavy (non-hydrogen) atoms. The number of anilines is 1. The summed E-state index contributed by atoms with van der Waals surface area (Å²) in [5.74, 6) is 0.581. The number of halogens is 3. The summed E-state index contributed by atoms with van der Waals surface area (Å²) in [5, 5.41) is 4.38. The van der Waals surface area contributed by atoms with E-state index in [0.717, 1.165) is 23.9 Å². The molecule has 2 atom stereocenters. The lowest BCUT2D eigenvalue weighted by atomic mass is 10.0. The Hall–Kier alpha value is -2.88. The first-order valence-electron chi connectivity index (χ1n) is 9.96. The molecule has 1 saturated carbocycles. The van der Waals surface area contributed by atoms with E-state index in [9.17, 15) is 18.0 Å². The lowest BCUT2D eigenvalue weighted by molar-refractivity contribution is -0.137. The smallest absolute Gasteiger partial charge is 0.374 e. The molecule has 4 heterocycles. The predicted octanol–water partition coefficient (Wildman–Crippen LogP) is 2.98. The van der Waals surface area contributed by atoms with E-state index in [1.165, 1.54) is 18.3 Å². The van der Waals surface area contributed by atoms with E-state index < -0.39 is 17.3 Å². The van der Waals surface area contributed by atoms with Crippen LogP contribution in [0.2, 0.25) is 0 Å². The van der Waals surface area contributed by atoms with Crippen LogP contribution in [-0.4, -0.2) is 45.0 Å². The highest BCUT2D eigenvalue weighted by Gasteiger charge is 2.40. The Morgan fingerprint density at radius 2 is 2.07 bits per heavy atom. The predicted molar refractivity (Wildman–Crippen MR) is 102 cm³/mol. The third kappa shape index (κ3) is 2.81. The van der Waals surface area contributed by atoms with E-state index in [-0.39, 0.29) is 34.8 Å². The number of nitrogens with zero attached hydrogens (tertiary/aromatic N) is 4. The van der Waals surface area contributed by atoms with Crippen molar-refractivity contribution in [3.63, 3.8) is 0 Å². The first-order valence-corrected chi connectivity index (χ1v) is 9.96. The summed E-state index contributed by atoms with van der Waals surface area (Å²) in [6.45, 7) is 1.20. The fourth-order valence-electron chi connectivity index (χ4n) is 4.47. The summed E-state index contributed by atoms with van der Waals surface area (Å²) in [6.07, 6.45) is -0.406. The molecule has 3 fully saturated rings. The number of H-pyrrole nitrogens is 1. The van der Waals surface area contributed by atoms with Crippen molar-refractivity contribution < 1.29 is 17.9 Å². The quantitative estimate of drug-likeness (QED) is 0.709. The van der Waals surface area contributed by atoms with Crippen molar-refractivity contribution in [1.82, 2.24) is 19.7 Å². The van der Waals surface area contributed by atoms with Crippen molar-refractivity contribution in [3.05, 3.63) is 45.9 Å². The summed E-state index contributed by atoms with van der Waals surface area (Å²) in [7, 11) is 0. The molecule has 1 aliphatic carbocycles. The number of ether oxygens (including phenoxy) is 1. The van der Waals surface area contributed by atoms with E-state index in [4.69, 9.17) is 4.74 Å². The fraction of sp³-hybridized carbons (Fsp3) is 0.450. The maximum Gasteiger partial charge on any atom is 0.418 e. The SMILES string of the molecule is O=c1[nH]c(N2C[C@@H]3C[C@H]2CO3)nc2nn(-c3ccc(C4CC4)cc3C(F)(F)F)cc12. The van der Waals surface area contributed by atoms with E-state index in [1.807, 2.05) is 4.90 Å². The van der Waals surface area contributed by atoms with Gasteiger partial charge in [0.05, 0.1) is 30.0 Å². The van der Waals surface area contributed by atoms with Gasteiger partial charge in [0, 0.05) is 12.7 Å².